The lowest BCUT2D eigenvalue weighted by atomic mass is 10.1. The summed E-state index contributed by atoms with van der Waals surface area (Å²) in [5, 5.41) is 2.90. The van der Waals surface area contributed by atoms with E-state index >= 15 is 0 Å². The molecule has 0 atom stereocenters. The Balaban J connectivity index is 2.00. The van der Waals surface area contributed by atoms with Gasteiger partial charge in [0.15, 0.2) is 0 Å². The molecule has 3 nitrogen and oxygen atoms in total. The van der Waals surface area contributed by atoms with Gasteiger partial charge < -0.3 is 5.32 Å². The van der Waals surface area contributed by atoms with E-state index in [9.17, 15) is 4.79 Å². The van der Waals surface area contributed by atoms with Crippen LogP contribution in [-0.2, 0) is 11.2 Å². The minimum atomic E-state index is 0.161. The Morgan fingerprint density at radius 2 is 2.06 bits per heavy atom. The number of rotatable bonds is 8. The number of aryl methyl sites for hydroxylation is 1. The van der Waals surface area contributed by atoms with Gasteiger partial charge in [0, 0.05) is 24.9 Å². The summed E-state index contributed by atoms with van der Waals surface area (Å²) in [6.45, 7) is 4.74. The topological polar surface area (TPSA) is 42.0 Å². The smallest absolute Gasteiger partial charge is 0.220 e. The van der Waals surface area contributed by atoms with Crippen molar-refractivity contribution in [1.29, 1.82) is 0 Å². The van der Waals surface area contributed by atoms with Gasteiger partial charge in [-0.1, -0.05) is 26.3 Å². The predicted molar refractivity (Wildman–Crippen MR) is 74.0 cm³/mol. The molecule has 1 amide bonds. The number of amides is 1. The zero-order chi connectivity index (χ0) is 13.2. The summed E-state index contributed by atoms with van der Waals surface area (Å²) >= 11 is 0. The molecule has 0 bridgehead atoms. The van der Waals surface area contributed by atoms with E-state index in [1.54, 1.807) is 0 Å². The quantitative estimate of drug-likeness (QED) is 0.718. The molecule has 0 spiro atoms. The van der Waals surface area contributed by atoms with Crippen molar-refractivity contribution in [3.05, 3.63) is 36.0 Å². The summed E-state index contributed by atoms with van der Waals surface area (Å²) in [6, 6.07) is 5.99. The van der Waals surface area contributed by atoms with Gasteiger partial charge in [-0.15, -0.1) is 0 Å². The number of hydrogen-bond donors (Lipinski definition) is 1. The highest BCUT2D eigenvalue weighted by atomic mass is 16.1. The number of pyridine rings is 1. The van der Waals surface area contributed by atoms with Crippen LogP contribution in [0.25, 0.3) is 0 Å². The minimum absolute atomic E-state index is 0.161. The second-order valence-electron chi connectivity index (χ2n) is 4.87. The van der Waals surface area contributed by atoms with Gasteiger partial charge in [-0.3, -0.25) is 9.78 Å². The predicted octanol–water partition coefficient (Wildman–Crippen LogP) is 2.91. The zero-order valence-electron chi connectivity index (χ0n) is 11.4. The van der Waals surface area contributed by atoms with Crippen LogP contribution in [0.5, 0.6) is 0 Å². The van der Waals surface area contributed by atoms with Gasteiger partial charge in [-0.05, 0) is 37.3 Å². The lowest BCUT2D eigenvalue weighted by Crippen LogP contribution is -2.26. The Kier molecular flexibility index (Phi) is 7.07. The van der Waals surface area contributed by atoms with Crippen LogP contribution in [0.2, 0.25) is 0 Å². The van der Waals surface area contributed by atoms with Crippen molar-refractivity contribution < 1.29 is 4.79 Å². The molecular formula is C15H23N2O. The van der Waals surface area contributed by atoms with Crippen LogP contribution in [0.4, 0.5) is 0 Å². The zero-order valence-corrected chi connectivity index (χ0v) is 11.4. The first-order valence-electron chi connectivity index (χ1n) is 6.64. The standard InChI is InChI=1S/C15H23N2O/c1-13(2)12-17-15(18)10-5-3-4-8-14-9-6-7-11-16-14/h6-7,9,11H,3-5,8,10,12H2,1-2H3,(H,17,18). The molecule has 0 unspecified atom stereocenters. The van der Waals surface area contributed by atoms with E-state index < -0.39 is 0 Å². The molecule has 1 aromatic rings. The Morgan fingerprint density at radius 3 is 2.72 bits per heavy atom. The highest BCUT2D eigenvalue weighted by Gasteiger charge is 2.02. The summed E-state index contributed by atoms with van der Waals surface area (Å²) in [5.41, 5.74) is 1.14. The van der Waals surface area contributed by atoms with Crippen LogP contribution in [0.1, 0.15) is 45.2 Å². The molecular weight excluding hydrogens is 224 g/mol. The first-order valence-corrected chi connectivity index (χ1v) is 6.64. The molecule has 0 aromatic carbocycles. The molecule has 1 N–H and O–H groups in total. The molecule has 0 saturated heterocycles. The molecule has 0 aliphatic heterocycles. The fraction of sp³-hybridized carbons (Fsp3) is 0.533. The Hall–Kier alpha value is -1.38. The molecule has 0 aliphatic rings. The fourth-order valence-corrected chi connectivity index (χ4v) is 1.68. The van der Waals surface area contributed by atoms with Gasteiger partial charge in [0.25, 0.3) is 0 Å². The number of carbonyl (C=O) groups is 1. The van der Waals surface area contributed by atoms with Crippen LogP contribution in [0.3, 0.4) is 0 Å². The molecule has 3 heteroatoms. The third kappa shape index (κ3) is 7.05. The lowest BCUT2D eigenvalue weighted by molar-refractivity contribution is -0.121. The van der Waals surface area contributed by atoms with E-state index in [1.807, 2.05) is 38.2 Å². The van der Waals surface area contributed by atoms with Gasteiger partial charge in [0.2, 0.25) is 5.91 Å². The summed E-state index contributed by atoms with van der Waals surface area (Å²) in [7, 11) is 0. The number of nitrogens with zero attached hydrogens (tertiary/aromatic N) is 1. The minimum Gasteiger partial charge on any atom is -0.356 e. The fourth-order valence-electron chi connectivity index (χ4n) is 1.68. The number of nitrogens with one attached hydrogen (secondary N) is 1. The van der Waals surface area contributed by atoms with Crippen molar-refractivity contribution in [2.24, 2.45) is 0 Å². The van der Waals surface area contributed by atoms with Gasteiger partial charge >= 0.3 is 0 Å². The lowest BCUT2D eigenvalue weighted by Gasteiger charge is -2.06. The molecule has 0 aliphatic carbocycles. The SMILES string of the molecule is C[C](C)CNC(=O)CCCCCc1ccccn1. The number of hydrogen-bond acceptors (Lipinski definition) is 2. The maximum atomic E-state index is 11.4. The van der Waals surface area contributed by atoms with Crippen LogP contribution in [-0.4, -0.2) is 17.4 Å². The van der Waals surface area contributed by atoms with E-state index in [-0.39, 0.29) is 5.91 Å². The second-order valence-corrected chi connectivity index (χ2v) is 4.87. The average Bonchev–Trinajstić information content (AvgIpc) is 2.37. The summed E-state index contributed by atoms with van der Waals surface area (Å²) in [5.74, 6) is 1.40. The number of unbranched alkanes of at least 4 members (excludes halogenated alkanes) is 2. The van der Waals surface area contributed by atoms with Crippen molar-refractivity contribution in [3.8, 4) is 0 Å². The normalized spacial score (nSPS) is 10.6. The van der Waals surface area contributed by atoms with Gasteiger partial charge in [-0.25, -0.2) is 0 Å². The van der Waals surface area contributed by atoms with Crippen molar-refractivity contribution in [2.75, 3.05) is 6.54 Å². The molecule has 0 saturated carbocycles. The number of aromatic nitrogens is 1. The Bertz CT molecular complexity index is 336. The van der Waals surface area contributed by atoms with Crippen LogP contribution in [0, 0.1) is 5.92 Å². The Morgan fingerprint density at radius 1 is 1.22 bits per heavy atom. The molecule has 1 rings (SSSR count). The van der Waals surface area contributed by atoms with Crippen LogP contribution in [0.15, 0.2) is 24.4 Å². The van der Waals surface area contributed by atoms with Crippen molar-refractivity contribution in [1.82, 2.24) is 10.3 Å². The molecule has 1 aromatic heterocycles. The molecule has 18 heavy (non-hydrogen) atoms. The highest BCUT2D eigenvalue weighted by Crippen LogP contribution is 2.05. The maximum Gasteiger partial charge on any atom is 0.220 e. The number of carbonyl (C=O) groups excluding carboxylic acids is 1. The summed E-state index contributed by atoms with van der Waals surface area (Å²) in [6.07, 6.45) is 6.61. The molecule has 1 heterocycles. The van der Waals surface area contributed by atoms with E-state index in [0.29, 0.717) is 13.0 Å². The Labute approximate surface area is 110 Å². The first kappa shape index (κ1) is 14.7. The maximum absolute atomic E-state index is 11.4. The van der Waals surface area contributed by atoms with Crippen molar-refractivity contribution >= 4 is 5.91 Å². The monoisotopic (exact) mass is 247 g/mol. The second kappa shape index (κ2) is 8.67. The van der Waals surface area contributed by atoms with Crippen molar-refractivity contribution in [3.63, 3.8) is 0 Å². The van der Waals surface area contributed by atoms with Gasteiger partial charge in [-0.2, -0.15) is 0 Å². The van der Waals surface area contributed by atoms with Crippen LogP contribution >= 0.6 is 0 Å². The van der Waals surface area contributed by atoms with E-state index in [1.165, 1.54) is 5.92 Å². The van der Waals surface area contributed by atoms with Gasteiger partial charge in [0.1, 0.15) is 0 Å². The third-order valence-electron chi connectivity index (χ3n) is 2.70. The van der Waals surface area contributed by atoms with Crippen LogP contribution < -0.4 is 5.32 Å². The van der Waals surface area contributed by atoms with Gasteiger partial charge in [0.05, 0.1) is 0 Å². The largest absolute Gasteiger partial charge is 0.356 e. The summed E-state index contributed by atoms with van der Waals surface area (Å²) in [4.78, 5) is 15.7. The molecule has 1 radical (unpaired) electrons. The first-order chi connectivity index (χ1) is 8.68. The highest BCUT2D eigenvalue weighted by molar-refractivity contribution is 5.75. The molecule has 99 valence electrons. The van der Waals surface area contributed by atoms with E-state index in [0.717, 1.165) is 31.4 Å². The van der Waals surface area contributed by atoms with E-state index in [4.69, 9.17) is 0 Å². The van der Waals surface area contributed by atoms with E-state index in [2.05, 4.69) is 10.3 Å². The van der Waals surface area contributed by atoms with Crippen molar-refractivity contribution in [2.45, 2.75) is 46.0 Å². The average molecular weight is 247 g/mol. The summed E-state index contributed by atoms with van der Waals surface area (Å²) < 4.78 is 0. The molecule has 0 fully saturated rings. The third-order valence-corrected chi connectivity index (χ3v) is 2.70.